The fourth-order valence-corrected chi connectivity index (χ4v) is 2.79. The third-order valence-corrected chi connectivity index (χ3v) is 3.93. The summed E-state index contributed by atoms with van der Waals surface area (Å²) in [4.78, 5) is 17.7. The van der Waals surface area contributed by atoms with E-state index in [2.05, 4.69) is 22.1 Å². The molecule has 0 saturated carbocycles. The zero-order chi connectivity index (χ0) is 15.1. The van der Waals surface area contributed by atoms with Crippen molar-refractivity contribution in [3.8, 4) is 11.8 Å². The van der Waals surface area contributed by atoms with E-state index in [1.807, 2.05) is 24.4 Å². The van der Waals surface area contributed by atoms with Crippen LogP contribution in [0.25, 0.3) is 0 Å². The Balaban J connectivity index is 2.20. The van der Waals surface area contributed by atoms with Crippen molar-refractivity contribution in [2.24, 2.45) is 5.73 Å². The van der Waals surface area contributed by atoms with Crippen molar-refractivity contribution in [1.29, 1.82) is 0 Å². The Hall–Kier alpha value is -2.16. The molecule has 0 aliphatic rings. The molecule has 0 saturated heterocycles. The molecule has 0 radical (unpaired) electrons. The molecule has 4 nitrogen and oxygen atoms in total. The normalized spacial score (nSPS) is 11.3. The summed E-state index contributed by atoms with van der Waals surface area (Å²) in [5.41, 5.74) is 6.32. The van der Waals surface area contributed by atoms with E-state index in [4.69, 9.17) is 5.73 Å². The summed E-state index contributed by atoms with van der Waals surface area (Å²) in [5, 5.41) is 5.02. The quantitative estimate of drug-likeness (QED) is 0.851. The largest absolute Gasteiger partial charge is 0.343 e. The summed E-state index contributed by atoms with van der Waals surface area (Å²) in [6.07, 6.45) is 2.41. The van der Waals surface area contributed by atoms with Gasteiger partial charge in [-0.05, 0) is 30.0 Å². The zero-order valence-electron chi connectivity index (χ0n) is 11.8. The summed E-state index contributed by atoms with van der Waals surface area (Å²) in [6.45, 7) is 2.29. The SMILES string of the molecule is CCC(NC(=O)c1ncccc1C#CCN)c1cccs1. The van der Waals surface area contributed by atoms with Gasteiger partial charge in [-0.25, -0.2) is 4.98 Å². The maximum absolute atomic E-state index is 12.4. The van der Waals surface area contributed by atoms with Crippen LogP contribution in [-0.4, -0.2) is 17.4 Å². The van der Waals surface area contributed by atoms with Crippen LogP contribution >= 0.6 is 11.3 Å². The molecule has 0 fully saturated rings. The molecule has 0 bridgehead atoms. The predicted molar refractivity (Wildman–Crippen MR) is 85.0 cm³/mol. The second kappa shape index (κ2) is 7.58. The minimum absolute atomic E-state index is 0.00479. The average Bonchev–Trinajstić information content (AvgIpc) is 3.04. The Morgan fingerprint density at radius 1 is 1.48 bits per heavy atom. The van der Waals surface area contributed by atoms with Crippen LogP contribution < -0.4 is 11.1 Å². The van der Waals surface area contributed by atoms with E-state index in [1.165, 1.54) is 0 Å². The van der Waals surface area contributed by atoms with Crippen molar-refractivity contribution in [2.45, 2.75) is 19.4 Å². The van der Waals surface area contributed by atoms with Gasteiger partial charge in [-0.3, -0.25) is 4.79 Å². The Morgan fingerprint density at radius 3 is 3.00 bits per heavy atom. The van der Waals surface area contributed by atoms with Crippen LogP contribution in [0.5, 0.6) is 0 Å². The van der Waals surface area contributed by atoms with Gasteiger partial charge in [0.05, 0.1) is 18.2 Å². The molecule has 0 aliphatic heterocycles. The van der Waals surface area contributed by atoms with E-state index in [1.54, 1.807) is 29.7 Å². The number of carbonyl (C=O) groups excluding carboxylic acids is 1. The molecule has 1 unspecified atom stereocenters. The standard InChI is InChI=1S/C16H17N3OS/c1-2-13(14-8-5-11-21-14)19-16(20)15-12(6-3-9-17)7-4-10-18-15/h4-5,7-8,10-11,13H,2,9,17H2,1H3,(H,19,20). The predicted octanol–water partition coefficient (Wildman–Crippen LogP) is 2.33. The van der Waals surface area contributed by atoms with Crippen LogP contribution in [0.15, 0.2) is 35.8 Å². The van der Waals surface area contributed by atoms with Crippen LogP contribution in [0.1, 0.15) is 40.3 Å². The molecule has 1 atom stereocenters. The van der Waals surface area contributed by atoms with E-state index in [0.29, 0.717) is 11.3 Å². The smallest absolute Gasteiger partial charge is 0.271 e. The Labute approximate surface area is 128 Å². The maximum atomic E-state index is 12.4. The maximum Gasteiger partial charge on any atom is 0.271 e. The van der Waals surface area contributed by atoms with Gasteiger partial charge in [-0.15, -0.1) is 11.3 Å². The highest BCUT2D eigenvalue weighted by Gasteiger charge is 2.17. The van der Waals surface area contributed by atoms with Gasteiger partial charge >= 0.3 is 0 Å². The summed E-state index contributed by atoms with van der Waals surface area (Å²) < 4.78 is 0. The minimum Gasteiger partial charge on any atom is -0.343 e. The van der Waals surface area contributed by atoms with Gasteiger partial charge in [0.25, 0.3) is 5.91 Å². The number of nitrogens with two attached hydrogens (primary N) is 1. The molecular formula is C16H17N3OS. The van der Waals surface area contributed by atoms with Crippen LogP contribution in [0.2, 0.25) is 0 Å². The van der Waals surface area contributed by atoms with Crippen molar-refractivity contribution in [3.05, 3.63) is 52.0 Å². The van der Waals surface area contributed by atoms with Crippen molar-refractivity contribution in [2.75, 3.05) is 6.54 Å². The van der Waals surface area contributed by atoms with Crippen molar-refractivity contribution in [3.63, 3.8) is 0 Å². The van der Waals surface area contributed by atoms with Gasteiger partial charge in [-0.1, -0.05) is 24.8 Å². The molecule has 2 aromatic rings. The molecule has 3 N–H and O–H groups in total. The lowest BCUT2D eigenvalue weighted by atomic mass is 10.1. The first-order valence-electron chi connectivity index (χ1n) is 6.74. The van der Waals surface area contributed by atoms with Crippen molar-refractivity contribution < 1.29 is 4.79 Å². The van der Waals surface area contributed by atoms with Gasteiger partial charge in [0, 0.05) is 11.1 Å². The molecule has 2 aromatic heterocycles. The summed E-state index contributed by atoms with van der Waals surface area (Å²) in [5.74, 6) is 5.43. The molecule has 0 aromatic carbocycles. The fraction of sp³-hybridized carbons (Fsp3) is 0.250. The zero-order valence-corrected chi connectivity index (χ0v) is 12.6. The molecule has 21 heavy (non-hydrogen) atoms. The van der Waals surface area contributed by atoms with Gasteiger partial charge in [0.15, 0.2) is 0 Å². The number of nitrogens with zero attached hydrogens (tertiary/aromatic N) is 1. The molecule has 2 heterocycles. The molecular weight excluding hydrogens is 282 g/mol. The molecule has 2 rings (SSSR count). The summed E-state index contributed by atoms with van der Waals surface area (Å²) >= 11 is 1.63. The molecule has 0 spiro atoms. The second-order valence-electron chi connectivity index (χ2n) is 4.36. The Kier molecular flexibility index (Phi) is 5.50. The summed E-state index contributed by atoms with van der Waals surface area (Å²) in [6, 6.07) is 7.53. The van der Waals surface area contributed by atoms with Gasteiger partial charge < -0.3 is 11.1 Å². The first-order chi connectivity index (χ1) is 10.3. The van der Waals surface area contributed by atoms with Crippen LogP contribution in [0.4, 0.5) is 0 Å². The Bertz CT molecular complexity index is 656. The van der Waals surface area contributed by atoms with Crippen LogP contribution in [0, 0.1) is 11.8 Å². The van der Waals surface area contributed by atoms with E-state index in [9.17, 15) is 4.79 Å². The molecule has 108 valence electrons. The molecule has 1 amide bonds. The lowest BCUT2D eigenvalue weighted by Crippen LogP contribution is -2.29. The van der Waals surface area contributed by atoms with Gasteiger partial charge in [-0.2, -0.15) is 0 Å². The highest BCUT2D eigenvalue weighted by Crippen LogP contribution is 2.22. The first kappa shape index (κ1) is 15.2. The molecule has 0 aliphatic carbocycles. The second-order valence-corrected chi connectivity index (χ2v) is 5.33. The number of aromatic nitrogens is 1. The minimum atomic E-state index is -0.211. The van der Waals surface area contributed by atoms with Crippen molar-refractivity contribution >= 4 is 17.2 Å². The van der Waals surface area contributed by atoms with E-state index in [0.717, 1.165) is 11.3 Å². The van der Waals surface area contributed by atoms with Crippen LogP contribution in [0.3, 0.4) is 0 Å². The number of carbonyl (C=O) groups is 1. The number of thiophene rings is 1. The monoisotopic (exact) mass is 299 g/mol. The third kappa shape index (κ3) is 3.91. The number of amides is 1. The lowest BCUT2D eigenvalue weighted by molar-refractivity contribution is 0.0931. The highest BCUT2D eigenvalue weighted by atomic mass is 32.1. The number of nitrogens with one attached hydrogen (secondary N) is 1. The van der Waals surface area contributed by atoms with E-state index >= 15 is 0 Å². The molecule has 5 heteroatoms. The summed E-state index contributed by atoms with van der Waals surface area (Å²) in [7, 11) is 0. The van der Waals surface area contributed by atoms with Gasteiger partial charge in [0.2, 0.25) is 0 Å². The number of hydrogen-bond acceptors (Lipinski definition) is 4. The van der Waals surface area contributed by atoms with Crippen molar-refractivity contribution in [1.82, 2.24) is 10.3 Å². The average molecular weight is 299 g/mol. The van der Waals surface area contributed by atoms with E-state index < -0.39 is 0 Å². The fourth-order valence-electron chi connectivity index (χ4n) is 1.92. The topological polar surface area (TPSA) is 68.0 Å². The lowest BCUT2D eigenvalue weighted by Gasteiger charge is -2.15. The number of hydrogen-bond donors (Lipinski definition) is 2. The van der Waals surface area contributed by atoms with Crippen LogP contribution in [-0.2, 0) is 0 Å². The third-order valence-electron chi connectivity index (χ3n) is 2.95. The van der Waals surface area contributed by atoms with Gasteiger partial charge in [0.1, 0.15) is 5.69 Å². The number of pyridine rings is 1. The highest BCUT2D eigenvalue weighted by molar-refractivity contribution is 7.10. The number of rotatable bonds is 4. The Morgan fingerprint density at radius 2 is 2.33 bits per heavy atom. The van der Waals surface area contributed by atoms with E-state index in [-0.39, 0.29) is 18.5 Å². The first-order valence-corrected chi connectivity index (χ1v) is 7.62.